The average Bonchev–Trinajstić information content (AvgIpc) is 3.82. The van der Waals surface area contributed by atoms with Crippen molar-refractivity contribution in [3.63, 3.8) is 0 Å². The van der Waals surface area contributed by atoms with Gasteiger partial charge in [-0.1, -0.05) is 44.2 Å². The SMILES string of the molecule is CC(C)(CCOC(=O)NCCOCCN1C(=O)CC(S)C1=O)C(c1nc(-c2cc(F)ccc2F)cn1Cc1ccccc1)N(CC1CNCC1F)C(=O)CO. The van der Waals surface area contributed by atoms with Gasteiger partial charge in [0.2, 0.25) is 17.7 Å². The highest BCUT2D eigenvalue weighted by atomic mass is 32.1. The van der Waals surface area contributed by atoms with Crippen molar-refractivity contribution in [2.24, 2.45) is 11.3 Å². The molecule has 0 aliphatic carbocycles. The Morgan fingerprint density at radius 2 is 1.89 bits per heavy atom. The second kappa shape index (κ2) is 18.9. The Balaban J connectivity index is 1.35. The van der Waals surface area contributed by atoms with Gasteiger partial charge >= 0.3 is 6.09 Å². The van der Waals surface area contributed by atoms with Gasteiger partial charge in [0.25, 0.3) is 0 Å². The predicted octanol–water partition coefficient (Wildman–Crippen LogP) is 3.51. The van der Waals surface area contributed by atoms with Crippen LogP contribution in [0.4, 0.5) is 18.0 Å². The van der Waals surface area contributed by atoms with E-state index in [9.17, 15) is 28.7 Å². The molecule has 13 nitrogen and oxygen atoms in total. The Labute approximate surface area is 323 Å². The number of ether oxygens (including phenoxy) is 2. The van der Waals surface area contributed by atoms with Crippen molar-refractivity contribution in [3.8, 4) is 11.3 Å². The van der Waals surface area contributed by atoms with Crippen molar-refractivity contribution < 1.29 is 46.9 Å². The molecule has 3 aromatic rings. The molecular formula is C38H47F3N6O7S. The van der Waals surface area contributed by atoms with Crippen LogP contribution in [0.5, 0.6) is 0 Å². The molecule has 3 N–H and O–H groups in total. The third-order valence-electron chi connectivity index (χ3n) is 9.82. The molecule has 2 saturated heterocycles. The fourth-order valence-corrected chi connectivity index (χ4v) is 7.14. The van der Waals surface area contributed by atoms with Crippen molar-refractivity contribution in [3.05, 3.63) is 77.8 Å². The number of hydrogen-bond donors (Lipinski definition) is 4. The summed E-state index contributed by atoms with van der Waals surface area (Å²) in [6.07, 6.45) is -0.227. The number of alkyl carbamates (subject to hydrolysis) is 1. The van der Waals surface area contributed by atoms with Crippen LogP contribution in [0.25, 0.3) is 11.3 Å². The Morgan fingerprint density at radius 1 is 1.13 bits per heavy atom. The van der Waals surface area contributed by atoms with Gasteiger partial charge in [0.1, 0.15) is 30.2 Å². The number of thiol groups is 1. The topological polar surface area (TPSA) is 155 Å². The van der Waals surface area contributed by atoms with Crippen molar-refractivity contribution in [2.75, 3.05) is 59.2 Å². The summed E-state index contributed by atoms with van der Waals surface area (Å²) in [7, 11) is 0. The highest BCUT2D eigenvalue weighted by Crippen LogP contribution is 2.43. The number of rotatable bonds is 18. The number of aliphatic hydroxyl groups excluding tert-OH is 1. The van der Waals surface area contributed by atoms with E-state index >= 15 is 8.78 Å². The van der Waals surface area contributed by atoms with Gasteiger partial charge in [-0.15, -0.1) is 0 Å². The molecule has 2 fully saturated rings. The molecular weight excluding hydrogens is 742 g/mol. The quantitative estimate of drug-likeness (QED) is 0.0862. The average molecular weight is 789 g/mol. The molecule has 2 aliphatic heterocycles. The van der Waals surface area contributed by atoms with Crippen LogP contribution in [-0.2, 0) is 30.4 Å². The third kappa shape index (κ3) is 10.7. The lowest BCUT2D eigenvalue weighted by Crippen LogP contribution is -2.48. The molecule has 1 aromatic heterocycles. The minimum Gasteiger partial charge on any atom is -0.450 e. The van der Waals surface area contributed by atoms with E-state index in [-0.39, 0.29) is 94.3 Å². The molecule has 0 radical (unpaired) electrons. The van der Waals surface area contributed by atoms with E-state index in [2.05, 4.69) is 23.3 Å². The standard InChI is InChI=1S/C38H47F3N6O7S/c1-38(2,10-13-54-37(52)43-11-14-53-15-12-46-32(49)17-31(55)36(46)51)34(47(33(50)23-48)21-25-18-42-19-29(25)41)35-44-30(27-16-26(39)8-9-28(27)40)22-45(35)20-24-6-4-3-5-7-24/h3-9,16,22,25,29,31,34,42,48,55H,10-15,17-21,23H2,1-2H3,(H,43,52). The normalized spacial score (nSPS) is 19.2. The molecule has 4 atom stereocenters. The second-order valence-electron chi connectivity index (χ2n) is 14.3. The van der Waals surface area contributed by atoms with Crippen molar-refractivity contribution >= 4 is 36.4 Å². The first-order chi connectivity index (χ1) is 26.3. The second-order valence-corrected chi connectivity index (χ2v) is 14.9. The van der Waals surface area contributed by atoms with Gasteiger partial charge in [-0.3, -0.25) is 19.3 Å². The summed E-state index contributed by atoms with van der Waals surface area (Å²) in [6.45, 7) is 3.51. The zero-order valence-corrected chi connectivity index (χ0v) is 31.7. The van der Waals surface area contributed by atoms with Crippen LogP contribution < -0.4 is 10.6 Å². The number of likely N-dealkylation sites (tertiary alicyclic amines) is 1. The van der Waals surface area contributed by atoms with E-state index in [1.807, 2.05) is 44.2 Å². The fraction of sp³-hybridized carbons (Fsp3) is 0.500. The van der Waals surface area contributed by atoms with Gasteiger partial charge in [0, 0.05) is 56.8 Å². The number of nitrogens with zero attached hydrogens (tertiary/aromatic N) is 4. The van der Waals surface area contributed by atoms with Gasteiger partial charge in [0.05, 0.1) is 43.4 Å². The van der Waals surface area contributed by atoms with Crippen LogP contribution in [0.1, 0.15) is 44.1 Å². The number of halogens is 3. The summed E-state index contributed by atoms with van der Waals surface area (Å²) in [4.78, 5) is 57.5. The van der Waals surface area contributed by atoms with Crippen LogP contribution in [0, 0.1) is 23.0 Å². The molecule has 4 amide bonds. The molecule has 0 spiro atoms. The number of aromatic nitrogens is 2. The van der Waals surface area contributed by atoms with Crippen LogP contribution in [0.2, 0.25) is 0 Å². The van der Waals surface area contributed by atoms with Crippen molar-refractivity contribution in [1.29, 1.82) is 0 Å². The number of hydrogen-bond acceptors (Lipinski definition) is 10. The van der Waals surface area contributed by atoms with Crippen LogP contribution in [0.3, 0.4) is 0 Å². The van der Waals surface area contributed by atoms with Crippen LogP contribution in [-0.4, -0.2) is 119 Å². The van der Waals surface area contributed by atoms with E-state index in [4.69, 9.17) is 14.5 Å². The van der Waals surface area contributed by atoms with Crippen molar-refractivity contribution in [1.82, 2.24) is 30.0 Å². The summed E-state index contributed by atoms with van der Waals surface area (Å²) in [5, 5.41) is 15.1. The molecule has 55 heavy (non-hydrogen) atoms. The first-order valence-electron chi connectivity index (χ1n) is 18.1. The van der Waals surface area contributed by atoms with E-state index in [0.29, 0.717) is 6.54 Å². The number of alkyl halides is 1. The highest BCUT2D eigenvalue weighted by Gasteiger charge is 2.43. The molecule has 2 aliphatic rings. The molecule has 4 unspecified atom stereocenters. The van der Waals surface area contributed by atoms with E-state index in [0.717, 1.165) is 28.7 Å². The molecule has 3 heterocycles. The number of nitrogens with one attached hydrogen (secondary N) is 2. The minimum atomic E-state index is -1.26. The smallest absolute Gasteiger partial charge is 0.407 e. The number of imidazole rings is 1. The molecule has 0 bridgehead atoms. The summed E-state index contributed by atoms with van der Waals surface area (Å²) >= 11 is 4.09. The maximum absolute atomic E-state index is 15.2. The fourth-order valence-electron chi connectivity index (χ4n) is 6.84. The molecule has 5 rings (SSSR count). The first kappa shape index (κ1) is 41.7. The van der Waals surface area contributed by atoms with E-state index < -0.39 is 59.0 Å². The van der Waals surface area contributed by atoms with Crippen LogP contribution in [0.15, 0.2) is 54.7 Å². The zero-order valence-electron chi connectivity index (χ0n) is 30.8. The summed E-state index contributed by atoms with van der Waals surface area (Å²) in [5.41, 5.74) is -0.114. The number of benzene rings is 2. The summed E-state index contributed by atoms with van der Waals surface area (Å²) < 4.78 is 57.3. The van der Waals surface area contributed by atoms with Gasteiger partial charge in [-0.25, -0.2) is 22.9 Å². The highest BCUT2D eigenvalue weighted by molar-refractivity contribution is 7.81. The van der Waals surface area contributed by atoms with Crippen molar-refractivity contribution in [2.45, 2.75) is 50.7 Å². The van der Waals surface area contributed by atoms with Gasteiger partial charge < -0.3 is 34.7 Å². The third-order valence-corrected chi connectivity index (χ3v) is 10.2. The Hall–Kier alpha value is -4.45. The lowest BCUT2D eigenvalue weighted by molar-refractivity contribution is -0.141. The minimum absolute atomic E-state index is 0.0472. The van der Waals surface area contributed by atoms with Gasteiger partial charge in [-0.05, 0) is 35.6 Å². The molecule has 298 valence electrons. The number of imide groups is 1. The molecule has 2 aromatic carbocycles. The Kier molecular flexibility index (Phi) is 14.4. The summed E-state index contributed by atoms with van der Waals surface area (Å²) in [5.74, 6) is -3.07. The molecule has 0 saturated carbocycles. The Morgan fingerprint density at radius 3 is 2.56 bits per heavy atom. The monoisotopic (exact) mass is 788 g/mol. The lowest BCUT2D eigenvalue weighted by atomic mass is 9.79. The number of amides is 4. The summed E-state index contributed by atoms with van der Waals surface area (Å²) in [6, 6.07) is 11.4. The number of aliphatic hydroxyl groups is 1. The van der Waals surface area contributed by atoms with E-state index in [1.165, 1.54) is 4.90 Å². The maximum Gasteiger partial charge on any atom is 0.407 e. The van der Waals surface area contributed by atoms with Crippen LogP contribution >= 0.6 is 12.6 Å². The first-order valence-corrected chi connectivity index (χ1v) is 18.6. The zero-order chi connectivity index (χ0) is 39.7. The lowest BCUT2D eigenvalue weighted by Gasteiger charge is -2.43. The Bertz CT molecular complexity index is 1820. The molecule has 17 heteroatoms. The predicted molar refractivity (Wildman–Crippen MR) is 199 cm³/mol. The largest absolute Gasteiger partial charge is 0.450 e. The van der Waals surface area contributed by atoms with E-state index in [1.54, 1.807) is 10.8 Å². The van der Waals surface area contributed by atoms with Gasteiger partial charge in [-0.2, -0.15) is 12.6 Å². The van der Waals surface area contributed by atoms with Gasteiger partial charge in [0.15, 0.2) is 0 Å². The maximum atomic E-state index is 15.2. The number of carbonyl (C=O) groups excluding carboxylic acids is 4. The number of carbonyl (C=O) groups is 4.